The van der Waals surface area contributed by atoms with Crippen LogP contribution in [0.2, 0.25) is 0 Å². The molecule has 0 radical (unpaired) electrons. The first-order chi connectivity index (χ1) is 4.68. The number of hydrogen-bond acceptors (Lipinski definition) is 1. The van der Waals surface area contributed by atoms with Gasteiger partial charge in [0.2, 0.25) is 0 Å². The molecule has 0 aliphatic heterocycles. The molecular weight excluding hydrogens is 122 g/mol. The lowest BCUT2D eigenvalue weighted by molar-refractivity contribution is 0.705. The van der Waals surface area contributed by atoms with E-state index in [0.717, 1.165) is 6.54 Å². The lowest BCUT2D eigenvalue weighted by Crippen LogP contribution is -2.13. The van der Waals surface area contributed by atoms with Crippen molar-refractivity contribution in [1.29, 1.82) is 0 Å². The number of allylic oxidation sites excluding steroid dienone is 2. The molecule has 1 nitrogen and oxygen atoms in total. The van der Waals surface area contributed by atoms with E-state index in [1.807, 2.05) is 0 Å². The Morgan fingerprint density at radius 2 is 1.80 bits per heavy atom. The van der Waals surface area contributed by atoms with Crippen molar-refractivity contribution in [2.45, 2.75) is 40.5 Å². The van der Waals surface area contributed by atoms with Gasteiger partial charge in [-0.15, -0.1) is 0 Å². The molecule has 0 rings (SSSR count). The Morgan fingerprint density at radius 3 is 2.20 bits per heavy atom. The monoisotopic (exact) mass is 141 g/mol. The normalized spacial score (nSPS) is 9.20. The Kier molecular flexibility index (Phi) is 5.09. The van der Waals surface area contributed by atoms with Crippen molar-refractivity contribution < 1.29 is 0 Å². The topological polar surface area (TPSA) is 12.0 Å². The summed E-state index contributed by atoms with van der Waals surface area (Å²) in [5, 5.41) is 3.36. The van der Waals surface area contributed by atoms with Gasteiger partial charge in [-0.25, -0.2) is 0 Å². The van der Waals surface area contributed by atoms with Gasteiger partial charge in [-0.1, -0.05) is 18.9 Å². The lowest BCUT2D eigenvalue weighted by atomic mass is 10.2. The molecular formula is C9H19N. The minimum atomic E-state index is 1.12. The molecule has 0 spiro atoms. The second kappa shape index (κ2) is 5.33. The van der Waals surface area contributed by atoms with Crippen LogP contribution in [0.4, 0.5) is 0 Å². The van der Waals surface area contributed by atoms with Crippen molar-refractivity contribution in [2.75, 3.05) is 6.54 Å². The minimum absolute atomic E-state index is 1.12. The second-order valence-corrected chi connectivity index (χ2v) is 2.91. The number of rotatable bonds is 4. The van der Waals surface area contributed by atoms with Crippen LogP contribution >= 0.6 is 0 Å². The zero-order valence-corrected chi connectivity index (χ0v) is 7.62. The standard InChI is InChI=1S/C9H19N/c1-5-6-7-10-9(4)8(2)3/h10H,5-7H2,1-4H3. The molecule has 0 aliphatic carbocycles. The second-order valence-electron chi connectivity index (χ2n) is 2.91. The van der Waals surface area contributed by atoms with Gasteiger partial charge in [0.05, 0.1) is 0 Å². The summed E-state index contributed by atoms with van der Waals surface area (Å²) in [6.07, 6.45) is 2.54. The number of hydrogen-bond donors (Lipinski definition) is 1. The molecule has 0 fully saturated rings. The molecule has 0 saturated carbocycles. The molecule has 10 heavy (non-hydrogen) atoms. The Labute approximate surface area is 64.5 Å². The van der Waals surface area contributed by atoms with Gasteiger partial charge in [-0.2, -0.15) is 0 Å². The Balaban J connectivity index is 3.40. The van der Waals surface area contributed by atoms with Gasteiger partial charge in [-0.05, 0) is 27.2 Å². The van der Waals surface area contributed by atoms with Gasteiger partial charge in [0.15, 0.2) is 0 Å². The van der Waals surface area contributed by atoms with Crippen molar-refractivity contribution in [3.05, 3.63) is 11.3 Å². The third-order valence-corrected chi connectivity index (χ3v) is 1.67. The van der Waals surface area contributed by atoms with Gasteiger partial charge in [0.1, 0.15) is 0 Å². The summed E-state index contributed by atoms with van der Waals surface area (Å²) in [4.78, 5) is 0. The Hall–Kier alpha value is -0.460. The molecule has 0 unspecified atom stereocenters. The van der Waals surface area contributed by atoms with Crippen LogP contribution in [-0.2, 0) is 0 Å². The smallest absolute Gasteiger partial charge is 0.0143 e. The Morgan fingerprint density at radius 1 is 1.20 bits per heavy atom. The van der Waals surface area contributed by atoms with E-state index < -0.39 is 0 Å². The molecule has 1 heteroatoms. The van der Waals surface area contributed by atoms with Gasteiger partial charge >= 0.3 is 0 Å². The number of unbranched alkanes of at least 4 members (excludes halogenated alkanes) is 1. The van der Waals surface area contributed by atoms with E-state index in [9.17, 15) is 0 Å². The van der Waals surface area contributed by atoms with E-state index in [1.165, 1.54) is 24.1 Å². The third kappa shape index (κ3) is 4.42. The van der Waals surface area contributed by atoms with E-state index in [4.69, 9.17) is 0 Å². The van der Waals surface area contributed by atoms with Crippen molar-refractivity contribution in [3.63, 3.8) is 0 Å². The molecule has 0 aliphatic rings. The first-order valence-electron chi connectivity index (χ1n) is 4.06. The maximum Gasteiger partial charge on any atom is 0.0143 e. The van der Waals surface area contributed by atoms with Crippen LogP contribution in [0.25, 0.3) is 0 Å². The fraction of sp³-hybridized carbons (Fsp3) is 0.778. The molecule has 60 valence electrons. The van der Waals surface area contributed by atoms with Gasteiger partial charge < -0.3 is 5.32 Å². The average Bonchev–Trinajstić information content (AvgIpc) is 1.88. The maximum absolute atomic E-state index is 3.36. The molecule has 0 heterocycles. The summed E-state index contributed by atoms with van der Waals surface area (Å²) in [6, 6.07) is 0. The highest BCUT2D eigenvalue weighted by Crippen LogP contribution is 1.97. The van der Waals surface area contributed by atoms with E-state index in [-0.39, 0.29) is 0 Å². The predicted octanol–water partition coefficient (Wildman–Crippen LogP) is 2.69. The van der Waals surface area contributed by atoms with Crippen molar-refractivity contribution >= 4 is 0 Å². The molecule has 0 atom stereocenters. The van der Waals surface area contributed by atoms with E-state index in [2.05, 4.69) is 33.0 Å². The third-order valence-electron chi connectivity index (χ3n) is 1.67. The Bertz CT molecular complexity index is 110. The molecule has 0 saturated heterocycles. The summed E-state index contributed by atoms with van der Waals surface area (Å²) in [5.41, 5.74) is 2.71. The van der Waals surface area contributed by atoms with Crippen LogP contribution in [0.3, 0.4) is 0 Å². The van der Waals surface area contributed by atoms with E-state index >= 15 is 0 Å². The average molecular weight is 141 g/mol. The highest BCUT2D eigenvalue weighted by Gasteiger charge is 1.88. The molecule has 1 N–H and O–H groups in total. The highest BCUT2D eigenvalue weighted by atomic mass is 14.9. The van der Waals surface area contributed by atoms with Gasteiger partial charge in [0.25, 0.3) is 0 Å². The quantitative estimate of drug-likeness (QED) is 0.593. The predicted molar refractivity (Wildman–Crippen MR) is 47.0 cm³/mol. The van der Waals surface area contributed by atoms with Crippen molar-refractivity contribution in [2.24, 2.45) is 0 Å². The summed E-state index contributed by atoms with van der Waals surface area (Å²) >= 11 is 0. The first kappa shape index (κ1) is 9.54. The summed E-state index contributed by atoms with van der Waals surface area (Å²) in [5.74, 6) is 0. The van der Waals surface area contributed by atoms with Crippen molar-refractivity contribution in [1.82, 2.24) is 5.32 Å². The first-order valence-corrected chi connectivity index (χ1v) is 4.06. The zero-order chi connectivity index (χ0) is 7.98. The van der Waals surface area contributed by atoms with Crippen LogP contribution < -0.4 is 5.32 Å². The molecule has 0 aromatic carbocycles. The lowest BCUT2D eigenvalue weighted by Gasteiger charge is -2.06. The maximum atomic E-state index is 3.36. The summed E-state index contributed by atoms with van der Waals surface area (Å²) in [7, 11) is 0. The largest absolute Gasteiger partial charge is 0.389 e. The van der Waals surface area contributed by atoms with Crippen LogP contribution in [0.1, 0.15) is 40.5 Å². The number of nitrogens with one attached hydrogen (secondary N) is 1. The highest BCUT2D eigenvalue weighted by molar-refractivity contribution is 5.03. The minimum Gasteiger partial charge on any atom is -0.389 e. The summed E-state index contributed by atoms with van der Waals surface area (Å²) < 4.78 is 0. The van der Waals surface area contributed by atoms with Gasteiger partial charge in [0, 0.05) is 12.2 Å². The van der Waals surface area contributed by atoms with Crippen LogP contribution in [0.5, 0.6) is 0 Å². The van der Waals surface area contributed by atoms with Crippen molar-refractivity contribution in [3.8, 4) is 0 Å². The van der Waals surface area contributed by atoms with Crippen LogP contribution in [0, 0.1) is 0 Å². The van der Waals surface area contributed by atoms with E-state index in [0.29, 0.717) is 0 Å². The molecule has 0 bridgehead atoms. The van der Waals surface area contributed by atoms with Gasteiger partial charge in [-0.3, -0.25) is 0 Å². The van der Waals surface area contributed by atoms with Crippen LogP contribution in [0.15, 0.2) is 11.3 Å². The fourth-order valence-electron chi connectivity index (χ4n) is 0.629. The molecule has 0 aromatic heterocycles. The molecule has 0 aromatic rings. The SMILES string of the molecule is CCCCNC(C)=C(C)C. The summed E-state index contributed by atoms with van der Waals surface area (Å²) in [6.45, 7) is 9.72. The van der Waals surface area contributed by atoms with E-state index in [1.54, 1.807) is 0 Å². The molecule has 0 amide bonds. The fourth-order valence-corrected chi connectivity index (χ4v) is 0.629. The zero-order valence-electron chi connectivity index (χ0n) is 7.62. The van der Waals surface area contributed by atoms with Crippen LogP contribution in [-0.4, -0.2) is 6.54 Å².